The highest BCUT2D eigenvalue weighted by molar-refractivity contribution is 5.89. The monoisotopic (exact) mass is 268 g/mol. The van der Waals surface area contributed by atoms with Crippen LogP contribution < -0.4 is 10.1 Å². The van der Waals surface area contributed by atoms with Gasteiger partial charge in [-0.2, -0.15) is 0 Å². The smallest absolute Gasteiger partial charge is 0.322 e. The molecule has 0 radical (unpaired) electrons. The molecule has 0 atom stereocenters. The van der Waals surface area contributed by atoms with Crippen molar-refractivity contribution in [3.63, 3.8) is 0 Å². The molecular weight excluding hydrogens is 252 g/mol. The van der Waals surface area contributed by atoms with Crippen molar-refractivity contribution >= 4 is 11.7 Å². The van der Waals surface area contributed by atoms with Gasteiger partial charge < -0.3 is 15.0 Å². The molecule has 0 aliphatic carbocycles. The zero-order valence-corrected chi connectivity index (χ0v) is 11.3. The minimum Gasteiger partial charge on any atom is -0.497 e. The minimum atomic E-state index is -0.0774. The molecule has 20 heavy (non-hydrogen) atoms. The Kier molecular flexibility index (Phi) is 3.29. The molecular formula is C16H16N2O2. The maximum absolute atomic E-state index is 12.2. The zero-order valence-electron chi connectivity index (χ0n) is 11.3. The highest BCUT2D eigenvalue weighted by atomic mass is 16.5. The fourth-order valence-electron chi connectivity index (χ4n) is 2.35. The summed E-state index contributed by atoms with van der Waals surface area (Å²) in [5.74, 6) is 0.775. The first kappa shape index (κ1) is 12.5. The Hall–Kier alpha value is -2.49. The van der Waals surface area contributed by atoms with E-state index in [1.807, 2.05) is 36.4 Å². The van der Waals surface area contributed by atoms with E-state index in [2.05, 4.69) is 17.4 Å². The van der Waals surface area contributed by atoms with Crippen molar-refractivity contribution in [2.24, 2.45) is 0 Å². The highest BCUT2D eigenvalue weighted by Crippen LogP contribution is 2.23. The number of rotatable bonds is 2. The number of hydrogen-bond acceptors (Lipinski definition) is 2. The lowest BCUT2D eigenvalue weighted by atomic mass is 10.1. The summed E-state index contributed by atoms with van der Waals surface area (Å²) in [6.45, 7) is 1.33. The molecule has 0 unspecified atom stereocenters. The summed E-state index contributed by atoms with van der Waals surface area (Å²) < 4.78 is 5.09. The summed E-state index contributed by atoms with van der Waals surface area (Å²) in [5, 5.41) is 2.90. The topological polar surface area (TPSA) is 41.6 Å². The molecule has 1 N–H and O–H groups in total. The summed E-state index contributed by atoms with van der Waals surface area (Å²) in [6, 6.07) is 15.4. The van der Waals surface area contributed by atoms with Crippen LogP contribution in [0.25, 0.3) is 0 Å². The number of amides is 2. The first-order valence-corrected chi connectivity index (χ1v) is 6.53. The third-order valence-electron chi connectivity index (χ3n) is 3.47. The van der Waals surface area contributed by atoms with E-state index in [0.29, 0.717) is 13.1 Å². The fourth-order valence-corrected chi connectivity index (χ4v) is 2.35. The van der Waals surface area contributed by atoms with Gasteiger partial charge in [0.2, 0.25) is 0 Å². The van der Waals surface area contributed by atoms with E-state index in [1.54, 1.807) is 12.0 Å². The number of nitrogens with one attached hydrogen (secondary N) is 1. The lowest BCUT2D eigenvalue weighted by Crippen LogP contribution is -2.30. The first-order chi connectivity index (χ1) is 9.76. The number of hydrogen-bond donors (Lipinski definition) is 1. The van der Waals surface area contributed by atoms with Crippen molar-refractivity contribution in [2.75, 3.05) is 12.4 Å². The molecule has 0 spiro atoms. The lowest BCUT2D eigenvalue weighted by molar-refractivity contribution is 0.212. The number of fused-ring (bicyclic) bond motifs is 1. The molecule has 1 aliphatic rings. The van der Waals surface area contributed by atoms with Gasteiger partial charge in [0.25, 0.3) is 0 Å². The molecule has 2 amide bonds. The third-order valence-corrected chi connectivity index (χ3v) is 3.47. The summed E-state index contributed by atoms with van der Waals surface area (Å²) in [5.41, 5.74) is 3.21. The van der Waals surface area contributed by atoms with Crippen molar-refractivity contribution in [1.29, 1.82) is 0 Å². The van der Waals surface area contributed by atoms with Gasteiger partial charge >= 0.3 is 6.03 Å². The van der Waals surface area contributed by atoms with Gasteiger partial charge in [0.1, 0.15) is 5.75 Å². The Morgan fingerprint density at radius 2 is 1.65 bits per heavy atom. The molecule has 2 aromatic carbocycles. The number of carbonyl (C=O) groups excluding carboxylic acids is 1. The normalized spacial score (nSPS) is 12.9. The Morgan fingerprint density at radius 1 is 1.05 bits per heavy atom. The van der Waals surface area contributed by atoms with Crippen LogP contribution in [0, 0.1) is 0 Å². The number of methoxy groups -OCH3 is 1. The Bertz CT molecular complexity index is 598. The average molecular weight is 268 g/mol. The van der Waals surface area contributed by atoms with E-state index in [9.17, 15) is 4.79 Å². The Labute approximate surface area is 118 Å². The minimum absolute atomic E-state index is 0.0774. The molecule has 4 nitrogen and oxygen atoms in total. The second-order valence-electron chi connectivity index (χ2n) is 4.78. The van der Waals surface area contributed by atoms with E-state index in [1.165, 1.54) is 11.1 Å². The zero-order chi connectivity index (χ0) is 13.9. The van der Waals surface area contributed by atoms with Crippen LogP contribution >= 0.6 is 0 Å². The second-order valence-corrected chi connectivity index (χ2v) is 4.78. The predicted octanol–water partition coefficient (Wildman–Crippen LogP) is 3.24. The summed E-state index contributed by atoms with van der Waals surface area (Å²) in [4.78, 5) is 14.0. The van der Waals surface area contributed by atoms with E-state index >= 15 is 0 Å². The molecule has 0 saturated carbocycles. The summed E-state index contributed by atoms with van der Waals surface area (Å²) >= 11 is 0. The van der Waals surface area contributed by atoms with Gasteiger partial charge in [0.15, 0.2) is 0 Å². The molecule has 102 valence electrons. The molecule has 0 saturated heterocycles. The first-order valence-electron chi connectivity index (χ1n) is 6.53. The van der Waals surface area contributed by atoms with Crippen LogP contribution in [0.15, 0.2) is 48.5 Å². The van der Waals surface area contributed by atoms with Crippen LogP contribution in [-0.2, 0) is 13.1 Å². The standard InChI is InChI=1S/C16H16N2O2/c1-20-15-8-6-14(7-9-15)17-16(19)18-10-12-4-2-3-5-13(12)11-18/h2-9H,10-11H2,1H3,(H,17,19). The molecule has 1 heterocycles. The van der Waals surface area contributed by atoms with Crippen LogP contribution in [-0.4, -0.2) is 18.0 Å². The highest BCUT2D eigenvalue weighted by Gasteiger charge is 2.22. The molecule has 3 rings (SSSR count). The van der Waals surface area contributed by atoms with Gasteiger partial charge in [-0.15, -0.1) is 0 Å². The van der Waals surface area contributed by atoms with Crippen molar-refractivity contribution < 1.29 is 9.53 Å². The summed E-state index contributed by atoms with van der Waals surface area (Å²) in [7, 11) is 1.62. The molecule has 0 fully saturated rings. The van der Waals surface area contributed by atoms with Gasteiger partial charge in [0.05, 0.1) is 7.11 Å². The molecule has 1 aliphatic heterocycles. The van der Waals surface area contributed by atoms with E-state index in [4.69, 9.17) is 4.74 Å². The van der Waals surface area contributed by atoms with E-state index < -0.39 is 0 Å². The van der Waals surface area contributed by atoms with Crippen LogP contribution in [0.5, 0.6) is 5.75 Å². The number of urea groups is 1. The number of carbonyl (C=O) groups is 1. The SMILES string of the molecule is COc1ccc(NC(=O)N2Cc3ccccc3C2)cc1. The molecule has 2 aromatic rings. The van der Waals surface area contributed by atoms with Crippen LogP contribution in [0.4, 0.5) is 10.5 Å². The number of anilines is 1. The lowest BCUT2D eigenvalue weighted by Gasteiger charge is -2.16. The van der Waals surface area contributed by atoms with Crippen LogP contribution in [0.2, 0.25) is 0 Å². The fraction of sp³-hybridized carbons (Fsp3) is 0.188. The van der Waals surface area contributed by atoms with Crippen LogP contribution in [0.3, 0.4) is 0 Å². The molecule has 0 bridgehead atoms. The Morgan fingerprint density at radius 3 is 2.20 bits per heavy atom. The van der Waals surface area contributed by atoms with Gasteiger partial charge in [-0.25, -0.2) is 4.79 Å². The maximum atomic E-state index is 12.2. The van der Waals surface area contributed by atoms with E-state index in [-0.39, 0.29) is 6.03 Å². The van der Waals surface area contributed by atoms with E-state index in [0.717, 1.165) is 11.4 Å². The van der Waals surface area contributed by atoms with Crippen molar-refractivity contribution in [3.05, 3.63) is 59.7 Å². The summed E-state index contributed by atoms with van der Waals surface area (Å²) in [6.07, 6.45) is 0. The van der Waals surface area contributed by atoms with Crippen molar-refractivity contribution in [1.82, 2.24) is 4.90 Å². The maximum Gasteiger partial charge on any atom is 0.322 e. The van der Waals surface area contributed by atoms with Gasteiger partial charge in [-0.3, -0.25) is 0 Å². The molecule has 4 heteroatoms. The van der Waals surface area contributed by atoms with Gasteiger partial charge in [-0.1, -0.05) is 24.3 Å². The number of benzene rings is 2. The molecule has 0 aromatic heterocycles. The average Bonchev–Trinajstić information content (AvgIpc) is 2.92. The van der Waals surface area contributed by atoms with Crippen LogP contribution in [0.1, 0.15) is 11.1 Å². The van der Waals surface area contributed by atoms with Crippen molar-refractivity contribution in [3.8, 4) is 5.75 Å². The van der Waals surface area contributed by atoms with Gasteiger partial charge in [0, 0.05) is 18.8 Å². The third kappa shape index (κ3) is 2.45. The number of ether oxygens (including phenoxy) is 1. The quantitative estimate of drug-likeness (QED) is 0.908. The number of nitrogens with zero attached hydrogens (tertiary/aromatic N) is 1. The second kappa shape index (κ2) is 5.25. The Balaban J connectivity index is 1.66. The van der Waals surface area contributed by atoms with Gasteiger partial charge in [-0.05, 0) is 35.4 Å². The largest absolute Gasteiger partial charge is 0.497 e. The predicted molar refractivity (Wildman–Crippen MR) is 77.7 cm³/mol. The van der Waals surface area contributed by atoms with Crippen molar-refractivity contribution in [2.45, 2.75) is 13.1 Å².